The summed E-state index contributed by atoms with van der Waals surface area (Å²) in [5.74, 6) is 0. The minimum atomic E-state index is 0.507. The van der Waals surface area contributed by atoms with Crippen molar-refractivity contribution in [1.82, 2.24) is 10.2 Å². The molecule has 0 unspecified atom stereocenters. The summed E-state index contributed by atoms with van der Waals surface area (Å²) in [5.41, 5.74) is 0. The molecule has 1 saturated carbocycles. The Kier molecular flexibility index (Phi) is 5.71. The summed E-state index contributed by atoms with van der Waals surface area (Å²) in [5, 5.41) is 3.68. The van der Waals surface area contributed by atoms with Gasteiger partial charge >= 0.3 is 0 Å². The molecule has 0 atom stereocenters. The van der Waals surface area contributed by atoms with E-state index in [-0.39, 0.29) is 0 Å². The lowest BCUT2D eigenvalue weighted by molar-refractivity contribution is 0.0367. The molecule has 0 bridgehead atoms. The van der Waals surface area contributed by atoms with Gasteiger partial charge in [-0.25, -0.2) is 0 Å². The van der Waals surface area contributed by atoms with Crippen LogP contribution in [0.1, 0.15) is 25.7 Å². The van der Waals surface area contributed by atoms with E-state index in [4.69, 9.17) is 9.47 Å². The van der Waals surface area contributed by atoms with Crippen molar-refractivity contribution in [2.45, 2.75) is 37.8 Å². The third-order valence-electron chi connectivity index (χ3n) is 3.97. The van der Waals surface area contributed by atoms with Crippen LogP contribution in [-0.2, 0) is 9.47 Å². The van der Waals surface area contributed by atoms with E-state index in [1.54, 1.807) is 0 Å². The second-order valence-corrected chi connectivity index (χ2v) is 5.12. The Morgan fingerprint density at radius 2 is 1.88 bits per heavy atom. The van der Waals surface area contributed by atoms with Crippen LogP contribution in [0, 0.1) is 0 Å². The maximum atomic E-state index is 5.39. The zero-order chi connectivity index (χ0) is 11.9. The summed E-state index contributed by atoms with van der Waals surface area (Å²) in [6.07, 6.45) is 5.47. The van der Waals surface area contributed by atoms with Crippen molar-refractivity contribution in [1.29, 1.82) is 0 Å². The van der Waals surface area contributed by atoms with Crippen LogP contribution >= 0.6 is 0 Å². The standard InChI is InChI=1S/C13H26N2O2/c1-16-13-4-2-12(3-5-13)14-6-7-15-8-10-17-11-9-15/h12-14H,2-11H2,1H3. The highest BCUT2D eigenvalue weighted by Crippen LogP contribution is 2.20. The Bertz CT molecular complexity index is 200. The molecule has 0 aromatic heterocycles. The Morgan fingerprint density at radius 3 is 2.53 bits per heavy atom. The molecule has 1 aliphatic carbocycles. The lowest BCUT2D eigenvalue weighted by Crippen LogP contribution is -2.43. The maximum Gasteiger partial charge on any atom is 0.0594 e. The van der Waals surface area contributed by atoms with E-state index in [1.807, 2.05) is 7.11 Å². The van der Waals surface area contributed by atoms with Crippen LogP contribution in [0.3, 0.4) is 0 Å². The fourth-order valence-corrected chi connectivity index (χ4v) is 2.75. The first-order valence-electron chi connectivity index (χ1n) is 6.95. The largest absolute Gasteiger partial charge is 0.381 e. The van der Waals surface area contributed by atoms with Gasteiger partial charge in [0.2, 0.25) is 0 Å². The molecular formula is C13H26N2O2. The van der Waals surface area contributed by atoms with Gasteiger partial charge in [0, 0.05) is 39.3 Å². The maximum absolute atomic E-state index is 5.39. The highest BCUT2D eigenvalue weighted by molar-refractivity contribution is 4.77. The SMILES string of the molecule is COC1CCC(NCCN2CCOCC2)CC1. The highest BCUT2D eigenvalue weighted by atomic mass is 16.5. The molecule has 0 aromatic rings. The molecule has 17 heavy (non-hydrogen) atoms. The molecule has 0 amide bonds. The van der Waals surface area contributed by atoms with Crippen molar-refractivity contribution in [3.63, 3.8) is 0 Å². The van der Waals surface area contributed by atoms with Crippen LogP contribution < -0.4 is 5.32 Å². The molecular weight excluding hydrogens is 216 g/mol. The van der Waals surface area contributed by atoms with E-state index < -0.39 is 0 Å². The van der Waals surface area contributed by atoms with E-state index in [0.29, 0.717) is 12.1 Å². The molecule has 0 radical (unpaired) electrons. The van der Waals surface area contributed by atoms with Gasteiger partial charge in [0.15, 0.2) is 0 Å². The fraction of sp³-hybridized carbons (Fsp3) is 1.00. The number of methoxy groups -OCH3 is 1. The van der Waals surface area contributed by atoms with E-state index >= 15 is 0 Å². The summed E-state index contributed by atoms with van der Waals surface area (Å²) in [4.78, 5) is 2.48. The van der Waals surface area contributed by atoms with Gasteiger partial charge in [0.05, 0.1) is 19.3 Å². The molecule has 1 saturated heterocycles. The normalized spacial score (nSPS) is 31.6. The van der Waals surface area contributed by atoms with Crippen LogP contribution in [0.2, 0.25) is 0 Å². The lowest BCUT2D eigenvalue weighted by atomic mass is 9.93. The highest BCUT2D eigenvalue weighted by Gasteiger charge is 2.20. The van der Waals surface area contributed by atoms with Crippen molar-refractivity contribution < 1.29 is 9.47 Å². The average molecular weight is 242 g/mol. The predicted octanol–water partition coefficient (Wildman–Crippen LogP) is 0.866. The van der Waals surface area contributed by atoms with Gasteiger partial charge in [0.25, 0.3) is 0 Å². The van der Waals surface area contributed by atoms with Crippen molar-refractivity contribution in [3.05, 3.63) is 0 Å². The van der Waals surface area contributed by atoms with Gasteiger partial charge in [-0.2, -0.15) is 0 Å². The summed E-state index contributed by atoms with van der Waals surface area (Å²) >= 11 is 0. The molecule has 2 rings (SSSR count). The minimum Gasteiger partial charge on any atom is -0.381 e. The molecule has 1 N–H and O–H groups in total. The topological polar surface area (TPSA) is 33.7 Å². The zero-order valence-corrected chi connectivity index (χ0v) is 11.0. The second kappa shape index (κ2) is 7.31. The summed E-state index contributed by atoms with van der Waals surface area (Å²) in [7, 11) is 1.83. The first kappa shape index (κ1) is 13.3. The van der Waals surface area contributed by atoms with Gasteiger partial charge < -0.3 is 14.8 Å². The molecule has 4 nitrogen and oxygen atoms in total. The van der Waals surface area contributed by atoms with Gasteiger partial charge in [-0.3, -0.25) is 4.90 Å². The third kappa shape index (κ3) is 4.54. The monoisotopic (exact) mass is 242 g/mol. The van der Waals surface area contributed by atoms with Gasteiger partial charge in [-0.1, -0.05) is 0 Å². The number of nitrogens with one attached hydrogen (secondary N) is 1. The quantitative estimate of drug-likeness (QED) is 0.775. The Hall–Kier alpha value is -0.160. The Morgan fingerprint density at radius 1 is 1.18 bits per heavy atom. The number of ether oxygens (including phenoxy) is 2. The molecule has 2 fully saturated rings. The Balaban J connectivity index is 1.53. The molecule has 0 spiro atoms. The van der Waals surface area contributed by atoms with E-state index in [0.717, 1.165) is 39.4 Å². The summed E-state index contributed by atoms with van der Waals surface area (Å²) < 4.78 is 10.7. The number of hydrogen-bond donors (Lipinski definition) is 1. The number of rotatable bonds is 5. The van der Waals surface area contributed by atoms with Gasteiger partial charge in [0.1, 0.15) is 0 Å². The first-order valence-corrected chi connectivity index (χ1v) is 6.95. The average Bonchev–Trinajstić information content (AvgIpc) is 2.41. The molecule has 1 heterocycles. The van der Waals surface area contributed by atoms with E-state index in [1.165, 1.54) is 25.7 Å². The second-order valence-electron chi connectivity index (χ2n) is 5.12. The van der Waals surface area contributed by atoms with Crippen molar-refractivity contribution >= 4 is 0 Å². The van der Waals surface area contributed by atoms with Gasteiger partial charge in [-0.05, 0) is 25.7 Å². The molecule has 2 aliphatic rings. The summed E-state index contributed by atoms with van der Waals surface area (Å²) in [6.45, 7) is 6.27. The van der Waals surface area contributed by atoms with Crippen LogP contribution in [0.15, 0.2) is 0 Å². The first-order chi connectivity index (χ1) is 8.38. The molecule has 100 valence electrons. The lowest BCUT2D eigenvalue weighted by Gasteiger charge is -2.30. The van der Waals surface area contributed by atoms with E-state index in [9.17, 15) is 0 Å². The van der Waals surface area contributed by atoms with Crippen LogP contribution in [0.4, 0.5) is 0 Å². The van der Waals surface area contributed by atoms with Crippen molar-refractivity contribution in [2.75, 3.05) is 46.5 Å². The third-order valence-corrected chi connectivity index (χ3v) is 3.97. The predicted molar refractivity (Wildman–Crippen MR) is 68.3 cm³/mol. The Labute approximate surface area is 105 Å². The molecule has 1 aliphatic heterocycles. The van der Waals surface area contributed by atoms with Crippen molar-refractivity contribution in [3.8, 4) is 0 Å². The van der Waals surface area contributed by atoms with Crippen LogP contribution in [0.25, 0.3) is 0 Å². The number of morpholine rings is 1. The minimum absolute atomic E-state index is 0.507. The molecule has 0 aromatic carbocycles. The zero-order valence-electron chi connectivity index (χ0n) is 11.0. The summed E-state index contributed by atoms with van der Waals surface area (Å²) in [6, 6.07) is 0.711. The van der Waals surface area contributed by atoms with Gasteiger partial charge in [-0.15, -0.1) is 0 Å². The fourth-order valence-electron chi connectivity index (χ4n) is 2.75. The number of nitrogens with zero attached hydrogens (tertiary/aromatic N) is 1. The smallest absolute Gasteiger partial charge is 0.0594 e. The van der Waals surface area contributed by atoms with Crippen molar-refractivity contribution in [2.24, 2.45) is 0 Å². The van der Waals surface area contributed by atoms with Crippen LogP contribution in [-0.4, -0.2) is 63.5 Å². The number of hydrogen-bond acceptors (Lipinski definition) is 4. The van der Waals surface area contributed by atoms with Crippen LogP contribution in [0.5, 0.6) is 0 Å². The van der Waals surface area contributed by atoms with E-state index in [2.05, 4.69) is 10.2 Å². The molecule has 4 heteroatoms.